The minimum Gasteiger partial charge on any atom is -0.443 e. The SMILES string of the molecule is CC(=O)Nc1nc2ccc(NC(=O)c3ncoc3-c3cccc(C)c3)cc2s1. The minimum absolute atomic E-state index is 0.178. The molecule has 0 fully saturated rings. The van der Waals surface area contributed by atoms with Crippen molar-refractivity contribution in [2.45, 2.75) is 13.8 Å². The van der Waals surface area contributed by atoms with Crippen LogP contribution in [0.1, 0.15) is 23.0 Å². The zero-order valence-corrected chi connectivity index (χ0v) is 16.0. The molecule has 0 aliphatic carbocycles. The second kappa shape index (κ2) is 7.24. The molecule has 4 aromatic rings. The zero-order chi connectivity index (χ0) is 19.7. The van der Waals surface area contributed by atoms with Crippen LogP contribution < -0.4 is 10.6 Å². The van der Waals surface area contributed by atoms with Crippen molar-refractivity contribution in [3.8, 4) is 11.3 Å². The first kappa shape index (κ1) is 17.9. The lowest BCUT2D eigenvalue weighted by Gasteiger charge is -2.05. The fourth-order valence-electron chi connectivity index (χ4n) is 2.80. The summed E-state index contributed by atoms with van der Waals surface area (Å²) in [6.45, 7) is 3.40. The third-order valence-electron chi connectivity index (χ3n) is 3.99. The molecule has 0 aliphatic rings. The van der Waals surface area contributed by atoms with Crippen LogP contribution in [-0.4, -0.2) is 21.8 Å². The van der Waals surface area contributed by atoms with Crippen LogP contribution >= 0.6 is 11.3 Å². The molecule has 28 heavy (non-hydrogen) atoms. The van der Waals surface area contributed by atoms with Gasteiger partial charge in [-0.15, -0.1) is 0 Å². The van der Waals surface area contributed by atoms with Crippen LogP contribution in [0.15, 0.2) is 53.3 Å². The number of carbonyl (C=O) groups excluding carboxylic acids is 2. The molecule has 0 unspecified atom stereocenters. The molecular formula is C20H16N4O3S. The van der Waals surface area contributed by atoms with Crippen LogP contribution in [0.5, 0.6) is 0 Å². The van der Waals surface area contributed by atoms with E-state index in [1.807, 2.05) is 37.3 Å². The lowest BCUT2D eigenvalue weighted by molar-refractivity contribution is -0.114. The number of aryl methyl sites for hydroxylation is 1. The fraction of sp³-hybridized carbons (Fsp3) is 0.100. The highest BCUT2D eigenvalue weighted by Gasteiger charge is 2.19. The Hall–Kier alpha value is -3.52. The maximum Gasteiger partial charge on any atom is 0.278 e. The number of oxazole rings is 1. The van der Waals surface area contributed by atoms with E-state index in [4.69, 9.17) is 4.42 Å². The summed E-state index contributed by atoms with van der Waals surface area (Å²) in [7, 11) is 0. The van der Waals surface area contributed by atoms with Gasteiger partial charge >= 0.3 is 0 Å². The van der Waals surface area contributed by atoms with Crippen LogP contribution in [0.4, 0.5) is 10.8 Å². The molecule has 0 bridgehead atoms. The van der Waals surface area contributed by atoms with Crippen LogP contribution in [0.25, 0.3) is 21.5 Å². The first-order chi connectivity index (χ1) is 13.5. The third kappa shape index (κ3) is 3.63. The Morgan fingerprint density at radius 1 is 1.11 bits per heavy atom. The van der Waals surface area contributed by atoms with Crippen molar-refractivity contribution in [3.05, 3.63) is 60.1 Å². The molecule has 2 aromatic heterocycles. The van der Waals surface area contributed by atoms with Gasteiger partial charge < -0.3 is 15.1 Å². The van der Waals surface area contributed by atoms with E-state index >= 15 is 0 Å². The number of anilines is 2. The first-order valence-corrected chi connectivity index (χ1v) is 9.31. The number of nitrogens with zero attached hydrogens (tertiary/aromatic N) is 2. The Kier molecular flexibility index (Phi) is 4.62. The summed E-state index contributed by atoms with van der Waals surface area (Å²) in [5.74, 6) is -0.119. The summed E-state index contributed by atoms with van der Waals surface area (Å²) >= 11 is 1.34. The smallest absolute Gasteiger partial charge is 0.278 e. The lowest BCUT2D eigenvalue weighted by atomic mass is 10.1. The van der Waals surface area contributed by atoms with E-state index in [2.05, 4.69) is 20.6 Å². The summed E-state index contributed by atoms with van der Waals surface area (Å²) in [4.78, 5) is 32.3. The topological polar surface area (TPSA) is 97.1 Å². The van der Waals surface area contributed by atoms with E-state index in [0.29, 0.717) is 16.6 Å². The maximum absolute atomic E-state index is 12.7. The van der Waals surface area contributed by atoms with Crippen molar-refractivity contribution in [2.24, 2.45) is 0 Å². The monoisotopic (exact) mass is 392 g/mol. The molecule has 8 heteroatoms. The standard InChI is InChI=1S/C20H16N4O3S/c1-11-4-3-5-13(8-11)18-17(21-10-27-18)19(26)23-14-6-7-15-16(9-14)28-20(24-15)22-12(2)25/h3-10H,1-2H3,(H,23,26)(H,22,24,25). The minimum atomic E-state index is -0.365. The molecule has 2 N–H and O–H groups in total. The largest absolute Gasteiger partial charge is 0.443 e. The second-order valence-electron chi connectivity index (χ2n) is 6.24. The summed E-state index contributed by atoms with van der Waals surface area (Å²) in [6, 6.07) is 13.0. The van der Waals surface area contributed by atoms with Gasteiger partial charge in [0.2, 0.25) is 5.91 Å². The number of hydrogen-bond acceptors (Lipinski definition) is 6. The number of nitrogens with one attached hydrogen (secondary N) is 2. The quantitative estimate of drug-likeness (QED) is 0.534. The number of rotatable bonds is 4. The maximum atomic E-state index is 12.7. The van der Waals surface area contributed by atoms with E-state index in [-0.39, 0.29) is 17.5 Å². The van der Waals surface area contributed by atoms with Crippen molar-refractivity contribution in [3.63, 3.8) is 0 Å². The Bertz CT molecular complexity index is 1200. The number of amides is 2. The van der Waals surface area contributed by atoms with Crippen molar-refractivity contribution in [1.29, 1.82) is 0 Å². The number of benzene rings is 2. The summed E-state index contributed by atoms with van der Waals surface area (Å²) in [6.07, 6.45) is 1.26. The van der Waals surface area contributed by atoms with E-state index in [0.717, 1.165) is 21.3 Å². The second-order valence-corrected chi connectivity index (χ2v) is 7.27. The molecule has 0 saturated carbocycles. The third-order valence-corrected chi connectivity index (χ3v) is 4.93. The highest BCUT2D eigenvalue weighted by Crippen LogP contribution is 2.29. The molecule has 0 radical (unpaired) electrons. The van der Waals surface area contributed by atoms with E-state index < -0.39 is 0 Å². The van der Waals surface area contributed by atoms with Gasteiger partial charge in [0, 0.05) is 18.2 Å². The summed E-state index contributed by atoms with van der Waals surface area (Å²) < 4.78 is 6.30. The van der Waals surface area contributed by atoms with Gasteiger partial charge in [-0.3, -0.25) is 9.59 Å². The van der Waals surface area contributed by atoms with Gasteiger partial charge in [0.05, 0.1) is 10.2 Å². The average Bonchev–Trinajstić information content (AvgIpc) is 3.27. The number of hydrogen-bond donors (Lipinski definition) is 2. The van der Waals surface area contributed by atoms with Gasteiger partial charge in [-0.25, -0.2) is 9.97 Å². The lowest BCUT2D eigenvalue weighted by Crippen LogP contribution is -2.13. The average molecular weight is 392 g/mol. The van der Waals surface area contributed by atoms with Crippen LogP contribution in [0.2, 0.25) is 0 Å². The van der Waals surface area contributed by atoms with Gasteiger partial charge in [0.1, 0.15) is 0 Å². The molecule has 0 saturated heterocycles. The highest BCUT2D eigenvalue weighted by atomic mass is 32.1. The number of aromatic nitrogens is 2. The van der Waals surface area contributed by atoms with Gasteiger partial charge in [-0.05, 0) is 31.2 Å². The summed E-state index contributed by atoms with van der Waals surface area (Å²) in [5, 5.41) is 6.02. The summed E-state index contributed by atoms with van der Waals surface area (Å²) in [5.41, 5.74) is 3.42. The molecular weight excluding hydrogens is 376 g/mol. The Morgan fingerprint density at radius 2 is 1.96 bits per heavy atom. The van der Waals surface area contributed by atoms with Crippen LogP contribution in [0.3, 0.4) is 0 Å². The van der Waals surface area contributed by atoms with Gasteiger partial charge in [0.25, 0.3) is 5.91 Å². The molecule has 0 spiro atoms. The molecule has 0 atom stereocenters. The normalized spacial score (nSPS) is 10.8. The van der Waals surface area contributed by atoms with Gasteiger partial charge in [0.15, 0.2) is 23.0 Å². The van der Waals surface area contributed by atoms with Gasteiger partial charge in [-0.2, -0.15) is 0 Å². The van der Waals surface area contributed by atoms with Crippen molar-refractivity contribution in [2.75, 3.05) is 10.6 Å². The van der Waals surface area contributed by atoms with E-state index in [9.17, 15) is 9.59 Å². The van der Waals surface area contributed by atoms with Gasteiger partial charge in [-0.1, -0.05) is 35.1 Å². The molecule has 2 amide bonds. The Balaban J connectivity index is 1.59. The molecule has 2 heterocycles. The number of fused-ring (bicyclic) bond motifs is 1. The van der Waals surface area contributed by atoms with Crippen molar-refractivity contribution < 1.29 is 14.0 Å². The predicted octanol–water partition coefficient (Wildman–Crippen LogP) is 4.47. The van der Waals surface area contributed by atoms with E-state index in [1.165, 1.54) is 24.7 Å². The van der Waals surface area contributed by atoms with Crippen molar-refractivity contribution >= 4 is 44.2 Å². The van der Waals surface area contributed by atoms with Crippen LogP contribution in [0, 0.1) is 6.92 Å². The molecule has 4 rings (SSSR count). The fourth-order valence-corrected chi connectivity index (χ4v) is 3.75. The number of carbonyl (C=O) groups is 2. The van der Waals surface area contributed by atoms with Crippen LogP contribution in [-0.2, 0) is 4.79 Å². The Morgan fingerprint density at radius 3 is 2.75 bits per heavy atom. The molecule has 140 valence electrons. The zero-order valence-electron chi connectivity index (χ0n) is 15.1. The molecule has 7 nitrogen and oxygen atoms in total. The Labute approximate surface area is 164 Å². The first-order valence-electron chi connectivity index (χ1n) is 8.49. The number of thiazole rings is 1. The highest BCUT2D eigenvalue weighted by molar-refractivity contribution is 7.22. The van der Waals surface area contributed by atoms with E-state index in [1.54, 1.807) is 12.1 Å². The molecule has 0 aliphatic heterocycles. The van der Waals surface area contributed by atoms with Crippen molar-refractivity contribution in [1.82, 2.24) is 9.97 Å². The predicted molar refractivity (Wildman–Crippen MR) is 109 cm³/mol. The molecule has 2 aromatic carbocycles.